The zero-order valence-corrected chi connectivity index (χ0v) is 12.1. The molecule has 1 N–H and O–H groups in total. The Kier molecular flexibility index (Phi) is 4.56. The Hall–Kier alpha value is -2.68. The van der Waals surface area contributed by atoms with E-state index in [0.717, 1.165) is 5.06 Å². The van der Waals surface area contributed by atoms with Crippen molar-refractivity contribution in [1.82, 2.24) is 5.06 Å². The molecule has 0 fully saturated rings. The number of hydroxylamine groups is 2. The minimum Gasteiger partial charge on any atom is -0.466 e. The summed E-state index contributed by atoms with van der Waals surface area (Å²) in [7, 11) is 1.28. The largest absolute Gasteiger partial charge is 0.466 e. The number of amides is 2. The first kappa shape index (κ1) is 15.7. The van der Waals surface area contributed by atoms with E-state index in [-0.39, 0.29) is 18.7 Å². The summed E-state index contributed by atoms with van der Waals surface area (Å²) in [5, 5.41) is 14.4. The van der Waals surface area contributed by atoms with Crippen molar-refractivity contribution in [1.29, 1.82) is 0 Å². The topological polar surface area (TPSA) is 111 Å². The second-order valence-corrected chi connectivity index (χ2v) is 4.49. The van der Waals surface area contributed by atoms with Gasteiger partial charge in [-0.3, -0.25) is 19.7 Å². The van der Waals surface area contributed by atoms with Gasteiger partial charge >= 0.3 is 12.0 Å². The molecule has 0 spiro atoms. The van der Waals surface area contributed by atoms with E-state index >= 15 is 0 Å². The molecule has 22 heavy (non-hydrogen) atoms. The molecule has 0 aromatic heterocycles. The highest BCUT2D eigenvalue weighted by Gasteiger charge is 2.36. The lowest BCUT2D eigenvalue weighted by Gasteiger charge is -2.34. The van der Waals surface area contributed by atoms with Gasteiger partial charge in [0.2, 0.25) is 0 Å². The van der Waals surface area contributed by atoms with Crippen molar-refractivity contribution in [2.45, 2.75) is 19.4 Å². The van der Waals surface area contributed by atoms with Crippen LogP contribution in [0.4, 0.5) is 16.2 Å². The summed E-state index contributed by atoms with van der Waals surface area (Å²) in [5.74, 6) is -0.526. The van der Waals surface area contributed by atoms with Crippen molar-refractivity contribution >= 4 is 23.4 Å². The lowest BCUT2D eigenvalue weighted by Crippen LogP contribution is -2.42. The Bertz CT molecular complexity index is 618. The van der Waals surface area contributed by atoms with E-state index in [4.69, 9.17) is 9.57 Å². The quantitative estimate of drug-likeness (QED) is 0.506. The Morgan fingerprint density at radius 1 is 1.50 bits per heavy atom. The molecule has 1 heterocycles. The molecular formula is C13H15N3O6. The van der Waals surface area contributed by atoms with Gasteiger partial charge in [-0.1, -0.05) is 0 Å². The van der Waals surface area contributed by atoms with Crippen molar-refractivity contribution in [3.63, 3.8) is 0 Å². The van der Waals surface area contributed by atoms with Gasteiger partial charge < -0.3 is 10.1 Å². The van der Waals surface area contributed by atoms with Gasteiger partial charge in [0.1, 0.15) is 0 Å². The lowest BCUT2D eigenvalue weighted by molar-refractivity contribution is -0.385. The van der Waals surface area contributed by atoms with E-state index in [9.17, 15) is 19.7 Å². The molecule has 1 atom stereocenters. The molecule has 0 aliphatic carbocycles. The minimum atomic E-state index is -0.798. The maximum atomic E-state index is 12.0. The highest BCUT2D eigenvalue weighted by Crippen LogP contribution is 2.37. The van der Waals surface area contributed by atoms with Gasteiger partial charge in [0.25, 0.3) is 5.69 Å². The maximum Gasteiger partial charge on any atom is 0.346 e. The van der Waals surface area contributed by atoms with Crippen LogP contribution in [-0.4, -0.2) is 35.7 Å². The smallest absolute Gasteiger partial charge is 0.346 e. The number of hydrogen-bond donors (Lipinski definition) is 1. The molecule has 1 unspecified atom stereocenters. The summed E-state index contributed by atoms with van der Waals surface area (Å²) >= 11 is 0. The molecule has 0 saturated heterocycles. The number of benzene rings is 1. The molecule has 9 nitrogen and oxygen atoms in total. The zero-order chi connectivity index (χ0) is 16.3. The van der Waals surface area contributed by atoms with Gasteiger partial charge in [0.05, 0.1) is 31.1 Å². The van der Waals surface area contributed by atoms with Crippen LogP contribution in [0.2, 0.25) is 0 Å². The van der Waals surface area contributed by atoms with E-state index < -0.39 is 23.0 Å². The molecular weight excluding hydrogens is 294 g/mol. The highest BCUT2D eigenvalue weighted by atomic mass is 16.7. The number of nitrogens with one attached hydrogen (secondary N) is 1. The fourth-order valence-corrected chi connectivity index (χ4v) is 2.27. The zero-order valence-electron chi connectivity index (χ0n) is 12.1. The normalized spacial score (nSPS) is 16.7. The van der Waals surface area contributed by atoms with E-state index in [2.05, 4.69) is 5.32 Å². The predicted octanol–water partition coefficient (Wildman–Crippen LogP) is 2.00. The van der Waals surface area contributed by atoms with Gasteiger partial charge in [-0.05, 0) is 13.0 Å². The first-order valence-electron chi connectivity index (χ1n) is 6.56. The van der Waals surface area contributed by atoms with Crippen LogP contribution in [0.5, 0.6) is 0 Å². The van der Waals surface area contributed by atoms with Gasteiger partial charge in [0.15, 0.2) is 0 Å². The first-order valence-corrected chi connectivity index (χ1v) is 6.56. The van der Waals surface area contributed by atoms with Gasteiger partial charge in [0, 0.05) is 23.4 Å². The minimum absolute atomic E-state index is 0.139. The second kappa shape index (κ2) is 6.39. The van der Waals surface area contributed by atoms with Crippen LogP contribution in [0, 0.1) is 10.1 Å². The number of nitrogens with zero attached hydrogens (tertiary/aromatic N) is 2. The number of fused-ring (bicyclic) bond motifs is 1. The summed E-state index contributed by atoms with van der Waals surface area (Å²) in [6.45, 7) is 1.87. The number of ether oxygens (including phenoxy) is 1. The van der Waals surface area contributed by atoms with Crippen molar-refractivity contribution in [2.24, 2.45) is 0 Å². The number of nitro groups is 1. The maximum absolute atomic E-state index is 12.0. The summed E-state index contributed by atoms with van der Waals surface area (Å²) in [5.41, 5.74) is 0.682. The van der Waals surface area contributed by atoms with Crippen LogP contribution >= 0.6 is 0 Å². The van der Waals surface area contributed by atoms with E-state index in [1.165, 1.54) is 25.3 Å². The summed E-state index contributed by atoms with van der Waals surface area (Å²) in [4.78, 5) is 39.1. The van der Waals surface area contributed by atoms with Crippen LogP contribution < -0.4 is 5.32 Å². The summed E-state index contributed by atoms with van der Waals surface area (Å²) in [6, 6.07) is 2.66. The van der Waals surface area contributed by atoms with Crippen LogP contribution in [0.1, 0.15) is 24.9 Å². The molecule has 2 rings (SSSR count). The van der Waals surface area contributed by atoms with E-state index in [1.54, 1.807) is 6.92 Å². The number of non-ortho nitro benzene ring substituents is 1. The van der Waals surface area contributed by atoms with Crippen LogP contribution in [-0.2, 0) is 14.4 Å². The average molecular weight is 309 g/mol. The van der Waals surface area contributed by atoms with E-state index in [1.807, 2.05) is 0 Å². The van der Waals surface area contributed by atoms with Crippen molar-refractivity contribution in [3.05, 3.63) is 33.9 Å². The highest BCUT2D eigenvalue weighted by molar-refractivity contribution is 5.93. The fourth-order valence-electron chi connectivity index (χ4n) is 2.27. The molecule has 2 amide bonds. The van der Waals surface area contributed by atoms with E-state index in [0.29, 0.717) is 11.3 Å². The Morgan fingerprint density at radius 3 is 2.82 bits per heavy atom. The second-order valence-electron chi connectivity index (χ2n) is 4.49. The standard InChI is InChI=1S/C13H15N3O6/c1-3-22-12(17)7-11-9-6-8(16(19)20)4-5-10(9)14-13(18)15(11)21-2/h4-6,11H,3,7H2,1-2H3,(H,14,18). The van der Waals surface area contributed by atoms with Crippen LogP contribution in [0.3, 0.4) is 0 Å². The lowest BCUT2D eigenvalue weighted by atomic mass is 9.98. The monoisotopic (exact) mass is 309 g/mol. The van der Waals surface area contributed by atoms with Gasteiger partial charge in [-0.2, -0.15) is 5.06 Å². The van der Waals surface area contributed by atoms with Crippen LogP contribution in [0.25, 0.3) is 0 Å². The molecule has 9 heteroatoms. The number of nitro benzene ring substituents is 1. The molecule has 1 aromatic rings. The Balaban J connectivity index is 2.43. The number of rotatable bonds is 5. The summed E-state index contributed by atoms with van der Waals surface area (Å²) in [6.07, 6.45) is -0.163. The molecule has 0 radical (unpaired) electrons. The molecule has 0 bridgehead atoms. The fraction of sp³-hybridized carbons (Fsp3) is 0.385. The number of anilines is 1. The molecule has 1 aliphatic rings. The predicted molar refractivity (Wildman–Crippen MR) is 75.0 cm³/mol. The third-order valence-corrected chi connectivity index (χ3v) is 3.19. The first-order chi connectivity index (χ1) is 10.5. The Labute approximate surface area is 125 Å². The molecule has 1 aliphatic heterocycles. The number of urea groups is 1. The number of hydrogen-bond acceptors (Lipinski definition) is 6. The third kappa shape index (κ3) is 2.98. The number of esters is 1. The average Bonchev–Trinajstić information content (AvgIpc) is 2.47. The molecule has 1 aromatic carbocycles. The Morgan fingerprint density at radius 2 is 2.23 bits per heavy atom. The van der Waals surface area contributed by atoms with Crippen molar-refractivity contribution in [3.8, 4) is 0 Å². The number of carbonyl (C=O) groups excluding carboxylic acids is 2. The molecule has 0 saturated carbocycles. The molecule has 118 valence electrons. The third-order valence-electron chi connectivity index (χ3n) is 3.19. The van der Waals surface area contributed by atoms with Crippen LogP contribution in [0.15, 0.2) is 18.2 Å². The van der Waals surface area contributed by atoms with Crippen molar-refractivity contribution < 1.29 is 24.1 Å². The SMILES string of the molecule is CCOC(=O)CC1c2cc([N+](=O)[O-])ccc2NC(=O)N1OC. The summed E-state index contributed by atoms with van der Waals surface area (Å²) < 4.78 is 4.88. The number of carbonyl (C=O) groups is 2. The van der Waals surface area contributed by atoms with Gasteiger partial charge in [-0.15, -0.1) is 0 Å². The van der Waals surface area contributed by atoms with Gasteiger partial charge in [-0.25, -0.2) is 4.79 Å². The van der Waals surface area contributed by atoms with Crippen molar-refractivity contribution in [2.75, 3.05) is 19.0 Å².